The Morgan fingerprint density at radius 3 is 2.64 bits per heavy atom. The van der Waals surface area contributed by atoms with Gasteiger partial charge in [0.05, 0.1) is 12.3 Å². The molecule has 2 aliphatic rings. The molecule has 1 aromatic carbocycles. The summed E-state index contributed by atoms with van der Waals surface area (Å²) in [5.74, 6) is -1.48. The van der Waals surface area contributed by atoms with Crippen molar-refractivity contribution in [1.29, 1.82) is 0 Å². The van der Waals surface area contributed by atoms with Crippen LogP contribution in [-0.2, 0) is 16.1 Å². The van der Waals surface area contributed by atoms with Gasteiger partial charge in [0.2, 0.25) is 5.91 Å². The summed E-state index contributed by atoms with van der Waals surface area (Å²) in [6, 6.07) is 5.72. The number of carbonyl (C=O) groups is 4. The molecular weight excluding hydrogens is 344 g/mol. The molecule has 2 fully saturated rings. The molecule has 1 saturated carbocycles. The third kappa shape index (κ3) is 3.68. The highest BCUT2D eigenvalue weighted by atomic mass is 32.2. The van der Waals surface area contributed by atoms with E-state index in [4.69, 9.17) is 0 Å². The van der Waals surface area contributed by atoms with Gasteiger partial charge in [-0.2, -0.15) is 0 Å². The minimum Gasteiger partial charge on any atom is -0.480 e. The van der Waals surface area contributed by atoms with Gasteiger partial charge in [-0.05, 0) is 37.5 Å². The number of rotatable bonds is 6. The SMILES string of the molecule is CC(C(=O)O)N(C(=O)c1cccc(CN2C(=O)CSC2=O)c1)C1CC1. The third-order valence-electron chi connectivity index (χ3n) is 4.30. The van der Waals surface area contributed by atoms with Crippen molar-refractivity contribution in [1.82, 2.24) is 9.80 Å². The minimum absolute atomic E-state index is 0.0413. The van der Waals surface area contributed by atoms with Gasteiger partial charge in [0.25, 0.3) is 11.1 Å². The second-order valence-electron chi connectivity index (χ2n) is 6.19. The molecule has 3 rings (SSSR count). The van der Waals surface area contributed by atoms with Crippen molar-refractivity contribution in [3.8, 4) is 0 Å². The van der Waals surface area contributed by atoms with E-state index in [1.807, 2.05) is 0 Å². The zero-order valence-corrected chi connectivity index (χ0v) is 14.5. The highest BCUT2D eigenvalue weighted by Gasteiger charge is 2.39. The average Bonchev–Trinajstić information content (AvgIpc) is 3.37. The van der Waals surface area contributed by atoms with Gasteiger partial charge in [-0.3, -0.25) is 19.3 Å². The summed E-state index contributed by atoms with van der Waals surface area (Å²) < 4.78 is 0. The first-order valence-electron chi connectivity index (χ1n) is 8.00. The largest absolute Gasteiger partial charge is 0.480 e. The highest BCUT2D eigenvalue weighted by molar-refractivity contribution is 8.14. The summed E-state index contributed by atoms with van der Waals surface area (Å²) >= 11 is 0.964. The molecule has 132 valence electrons. The van der Waals surface area contributed by atoms with E-state index in [1.165, 1.54) is 11.8 Å². The quantitative estimate of drug-likeness (QED) is 0.831. The number of hydrogen-bond donors (Lipinski definition) is 1. The fraction of sp³-hybridized carbons (Fsp3) is 0.412. The number of thioether (sulfide) groups is 1. The maximum absolute atomic E-state index is 12.8. The van der Waals surface area contributed by atoms with Crippen molar-refractivity contribution in [2.45, 2.75) is 38.4 Å². The first kappa shape index (κ1) is 17.5. The number of nitrogens with zero attached hydrogens (tertiary/aromatic N) is 2. The maximum atomic E-state index is 12.8. The van der Waals surface area contributed by atoms with Crippen molar-refractivity contribution in [2.75, 3.05) is 5.75 Å². The van der Waals surface area contributed by atoms with Crippen molar-refractivity contribution in [3.63, 3.8) is 0 Å². The van der Waals surface area contributed by atoms with E-state index in [2.05, 4.69) is 0 Å². The zero-order chi connectivity index (χ0) is 18.1. The van der Waals surface area contributed by atoms with Gasteiger partial charge in [0.15, 0.2) is 0 Å². The Hall–Kier alpha value is -2.35. The molecule has 1 aliphatic heterocycles. The van der Waals surface area contributed by atoms with Gasteiger partial charge < -0.3 is 10.0 Å². The summed E-state index contributed by atoms with van der Waals surface area (Å²) in [6.45, 7) is 1.62. The molecule has 1 aliphatic carbocycles. The standard InChI is InChI=1S/C17H18N2O5S/c1-10(16(22)23)19(13-5-6-13)15(21)12-4-2-3-11(7-12)8-18-14(20)9-25-17(18)24/h2-4,7,10,13H,5-6,8-9H2,1H3,(H,22,23). The molecule has 1 N–H and O–H groups in total. The second-order valence-corrected chi connectivity index (χ2v) is 7.12. The summed E-state index contributed by atoms with van der Waals surface area (Å²) in [7, 11) is 0. The number of amides is 3. The molecule has 1 saturated heterocycles. The molecule has 0 aromatic heterocycles. The van der Waals surface area contributed by atoms with Crippen LogP contribution in [-0.4, -0.2) is 55.8 Å². The number of carbonyl (C=O) groups excluding carboxylic acids is 3. The van der Waals surface area contributed by atoms with E-state index in [-0.39, 0.29) is 35.4 Å². The number of hydrogen-bond acceptors (Lipinski definition) is 5. The van der Waals surface area contributed by atoms with Crippen LogP contribution in [0.15, 0.2) is 24.3 Å². The van der Waals surface area contributed by atoms with Crippen molar-refractivity contribution in [2.24, 2.45) is 0 Å². The van der Waals surface area contributed by atoms with Gasteiger partial charge in [-0.1, -0.05) is 23.9 Å². The molecule has 8 heteroatoms. The summed E-state index contributed by atoms with van der Waals surface area (Å²) in [5.41, 5.74) is 1.03. The number of aliphatic carboxylic acids is 1. The van der Waals surface area contributed by atoms with Crippen LogP contribution in [0.1, 0.15) is 35.7 Å². The molecule has 0 radical (unpaired) electrons. The normalized spacial score (nSPS) is 18.4. The summed E-state index contributed by atoms with van der Waals surface area (Å²) in [5, 5.41) is 8.96. The van der Waals surface area contributed by atoms with Crippen LogP contribution < -0.4 is 0 Å². The van der Waals surface area contributed by atoms with Gasteiger partial charge >= 0.3 is 5.97 Å². The Morgan fingerprint density at radius 1 is 1.36 bits per heavy atom. The van der Waals surface area contributed by atoms with E-state index < -0.39 is 12.0 Å². The van der Waals surface area contributed by atoms with E-state index >= 15 is 0 Å². The van der Waals surface area contributed by atoms with E-state index in [0.29, 0.717) is 11.1 Å². The summed E-state index contributed by atoms with van der Waals surface area (Å²) in [4.78, 5) is 50.1. The van der Waals surface area contributed by atoms with Crippen molar-refractivity contribution >= 4 is 34.8 Å². The van der Waals surface area contributed by atoms with Crippen LogP contribution in [0.25, 0.3) is 0 Å². The van der Waals surface area contributed by atoms with Crippen LogP contribution in [0.2, 0.25) is 0 Å². The van der Waals surface area contributed by atoms with E-state index in [9.17, 15) is 24.3 Å². The molecule has 1 heterocycles. The van der Waals surface area contributed by atoms with Crippen molar-refractivity contribution < 1.29 is 24.3 Å². The Balaban J connectivity index is 1.80. The van der Waals surface area contributed by atoms with Gasteiger partial charge in [0.1, 0.15) is 6.04 Å². The predicted octanol–water partition coefficient (Wildman–Crippen LogP) is 1.96. The van der Waals surface area contributed by atoms with Crippen molar-refractivity contribution in [3.05, 3.63) is 35.4 Å². The van der Waals surface area contributed by atoms with Gasteiger partial charge in [-0.15, -0.1) is 0 Å². The Morgan fingerprint density at radius 2 is 2.08 bits per heavy atom. The van der Waals surface area contributed by atoms with Gasteiger partial charge in [0, 0.05) is 11.6 Å². The number of carboxylic acids is 1. The Labute approximate surface area is 149 Å². The zero-order valence-electron chi connectivity index (χ0n) is 13.7. The molecule has 0 bridgehead atoms. The minimum atomic E-state index is -1.04. The van der Waals surface area contributed by atoms with Crippen LogP contribution in [0.4, 0.5) is 4.79 Å². The average molecular weight is 362 g/mol. The lowest BCUT2D eigenvalue weighted by Crippen LogP contribution is -2.44. The number of carboxylic acid groups (broad SMARTS) is 1. The lowest BCUT2D eigenvalue weighted by Gasteiger charge is -2.26. The van der Waals surface area contributed by atoms with Crippen LogP contribution in [0, 0.1) is 0 Å². The first-order valence-corrected chi connectivity index (χ1v) is 8.98. The monoisotopic (exact) mass is 362 g/mol. The predicted molar refractivity (Wildman–Crippen MR) is 91.1 cm³/mol. The molecule has 1 unspecified atom stereocenters. The van der Waals surface area contributed by atoms with E-state index in [0.717, 1.165) is 29.5 Å². The second kappa shape index (κ2) is 6.87. The molecule has 1 atom stereocenters. The fourth-order valence-electron chi connectivity index (χ4n) is 2.80. The third-order valence-corrected chi connectivity index (χ3v) is 5.16. The van der Waals surface area contributed by atoms with Crippen LogP contribution in [0.5, 0.6) is 0 Å². The Kier molecular flexibility index (Phi) is 4.80. The van der Waals surface area contributed by atoms with Gasteiger partial charge in [-0.25, -0.2) is 4.79 Å². The van der Waals surface area contributed by atoms with Crippen LogP contribution in [0.3, 0.4) is 0 Å². The highest BCUT2D eigenvalue weighted by Crippen LogP contribution is 2.30. The lowest BCUT2D eigenvalue weighted by atomic mass is 10.1. The first-order chi connectivity index (χ1) is 11.9. The molecule has 3 amide bonds. The molecular formula is C17H18N2O5S. The van der Waals surface area contributed by atoms with E-state index in [1.54, 1.807) is 24.3 Å². The molecule has 7 nitrogen and oxygen atoms in total. The molecule has 0 spiro atoms. The number of benzene rings is 1. The fourth-order valence-corrected chi connectivity index (χ4v) is 3.52. The molecule has 25 heavy (non-hydrogen) atoms. The lowest BCUT2D eigenvalue weighted by molar-refractivity contribution is -0.141. The number of imide groups is 1. The smallest absolute Gasteiger partial charge is 0.326 e. The van der Waals surface area contributed by atoms with Crippen LogP contribution >= 0.6 is 11.8 Å². The summed E-state index contributed by atoms with van der Waals surface area (Å²) in [6.07, 6.45) is 1.61. The molecule has 1 aromatic rings. The topological polar surface area (TPSA) is 95.0 Å². The maximum Gasteiger partial charge on any atom is 0.326 e. The Bertz CT molecular complexity index is 730.